The van der Waals surface area contributed by atoms with Crippen LogP contribution in [0.3, 0.4) is 0 Å². The Morgan fingerprint density at radius 2 is 1.69 bits per heavy atom. The zero-order valence-corrected chi connectivity index (χ0v) is 10.5. The van der Waals surface area contributed by atoms with Crippen LogP contribution in [0.1, 0.15) is 10.4 Å². The average Bonchev–Trinajstić information content (AvgIpc) is 2.92. The van der Waals surface area contributed by atoms with Gasteiger partial charge in [0.15, 0.2) is 0 Å². The van der Waals surface area contributed by atoms with Gasteiger partial charge in [0.2, 0.25) is 0 Å². The number of anilines is 1. The predicted molar refractivity (Wildman–Crippen MR) is 63.8 cm³/mol. The molecule has 16 heavy (non-hydrogen) atoms. The predicted octanol–water partition coefficient (Wildman–Crippen LogP) is 2.69. The smallest absolute Gasteiger partial charge is 0.0669 e. The van der Waals surface area contributed by atoms with Gasteiger partial charge in [-0.3, -0.25) is 0 Å². The maximum atomic E-state index is 10.4. The van der Waals surface area contributed by atoms with Gasteiger partial charge in [0.25, 0.3) is 0 Å². The minimum atomic E-state index is 0. The summed E-state index contributed by atoms with van der Waals surface area (Å²) in [6.45, 7) is 0. The van der Waals surface area contributed by atoms with Crippen LogP contribution >= 0.6 is 0 Å². The summed E-state index contributed by atoms with van der Waals surface area (Å²) in [7, 11) is 3.84. The van der Waals surface area contributed by atoms with E-state index in [2.05, 4.69) is 0 Å². The Bertz CT molecular complexity index is 359. The molecule has 0 N–H and O–H groups in total. The van der Waals surface area contributed by atoms with Gasteiger partial charge in [0, 0.05) is 17.1 Å². The molecule has 0 bridgehead atoms. The van der Waals surface area contributed by atoms with Gasteiger partial charge in [-0.1, -0.05) is 5.56 Å². The molecular formula is C13H15FeNO-6. The number of carbonyl (C=O) groups excluding carboxylic acids is 1. The fourth-order valence-corrected chi connectivity index (χ4v) is 1.25. The molecule has 0 atom stereocenters. The van der Waals surface area contributed by atoms with E-state index < -0.39 is 0 Å². The Hall–Kier alpha value is -1.31. The molecule has 0 heterocycles. The van der Waals surface area contributed by atoms with Crippen molar-refractivity contribution in [3.63, 3.8) is 0 Å². The van der Waals surface area contributed by atoms with Gasteiger partial charge in [0.05, 0.1) is 6.29 Å². The van der Waals surface area contributed by atoms with Crippen LogP contribution in [0.15, 0.2) is 48.5 Å². The van der Waals surface area contributed by atoms with Crippen LogP contribution in [0.25, 0.3) is 0 Å². The first-order valence-corrected chi connectivity index (χ1v) is 4.80. The second-order valence-corrected chi connectivity index (χ2v) is 3.34. The zero-order chi connectivity index (χ0) is 11.1. The van der Waals surface area contributed by atoms with Gasteiger partial charge >= 0.3 is 0 Å². The van der Waals surface area contributed by atoms with Crippen LogP contribution in [0.2, 0.25) is 0 Å². The van der Waals surface area contributed by atoms with E-state index in [1.807, 2.05) is 67.5 Å². The first-order valence-electron chi connectivity index (χ1n) is 4.80. The molecular weight excluding hydrogens is 242 g/mol. The summed E-state index contributed by atoms with van der Waals surface area (Å²) in [5.74, 6) is 0. The van der Waals surface area contributed by atoms with Crippen molar-refractivity contribution in [2.24, 2.45) is 0 Å². The molecule has 0 amide bonds. The van der Waals surface area contributed by atoms with Crippen molar-refractivity contribution in [2.45, 2.75) is 0 Å². The van der Waals surface area contributed by atoms with Crippen LogP contribution in [0.4, 0.5) is 5.69 Å². The molecule has 0 saturated heterocycles. The number of aldehydes is 1. The van der Waals surface area contributed by atoms with Crippen molar-refractivity contribution < 1.29 is 21.9 Å². The Kier molecular flexibility index (Phi) is 7.27. The number of hydrogen-bond acceptors (Lipinski definition) is 2. The molecule has 0 aromatic heterocycles. The van der Waals surface area contributed by atoms with Crippen molar-refractivity contribution in [1.82, 2.24) is 0 Å². The molecule has 2 aromatic rings. The summed E-state index contributed by atoms with van der Waals surface area (Å²) < 4.78 is 0. The zero-order valence-electron chi connectivity index (χ0n) is 9.41. The van der Waals surface area contributed by atoms with Crippen LogP contribution in [0, 0.1) is 0 Å². The molecule has 0 radical (unpaired) electrons. The van der Waals surface area contributed by atoms with E-state index in [1.165, 1.54) is 0 Å². The molecule has 0 saturated carbocycles. The van der Waals surface area contributed by atoms with Crippen molar-refractivity contribution in [3.8, 4) is 0 Å². The Morgan fingerprint density at radius 3 is 2.00 bits per heavy atom. The van der Waals surface area contributed by atoms with E-state index in [0.717, 1.165) is 17.5 Å². The van der Waals surface area contributed by atoms with Gasteiger partial charge in [0.1, 0.15) is 0 Å². The number of rotatable bonds is 2. The van der Waals surface area contributed by atoms with Crippen LogP contribution < -0.4 is 4.90 Å². The molecule has 0 fully saturated rings. The van der Waals surface area contributed by atoms with Crippen molar-refractivity contribution in [1.29, 1.82) is 0 Å². The summed E-state index contributed by atoms with van der Waals surface area (Å²) in [5, 5.41) is 0. The largest absolute Gasteiger partial charge is 0.748 e. The molecule has 2 nitrogen and oxygen atoms in total. The van der Waals surface area contributed by atoms with Crippen molar-refractivity contribution >= 4 is 12.0 Å². The standard InChI is InChI=1S/C8H10NO.C5H5.Fe/c1-9(2)8-5-3-4-7(8)6-10;1-2-4-5-3-1;/h3-6H,1-2H3;1-5H;/q-1;-5;. The number of nitrogens with zero attached hydrogens (tertiary/aromatic N) is 1. The summed E-state index contributed by atoms with van der Waals surface area (Å²) in [4.78, 5) is 12.3. The second kappa shape index (κ2) is 7.91. The first kappa shape index (κ1) is 14.7. The van der Waals surface area contributed by atoms with E-state index in [-0.39, 0.29) is 17.1 Å². The maximum absolute atomic E-state index is 10.4. The molecule has 0 aliphatic heterocycles. The second-order valence-electron chi connectivity index (χ2n) is 3.34. The summed E-state index contributed by atoms with van der Waals surface area (Å²) >= 11 is 0. The van der Waals surface area contributed by atoms with E-state index >= 15 is 0 Å². The van der Waals surface area contributed by atoms with Crippen LogP contribution in [0.5, 0.6) is 0 Å². The van der Waals surface area contributed by atoms with E-state index in [4.69, 9.17) is 0 Å². The third-order valence-electron chi connectivity index (χ3n) is 1.99. The molecule has 0 aliphatic carbocycles. The minimum Gasteiger partial charge on any atom is -0.748 e. The summed E-state index contributed by atoms with van der Waals surface area (Å²) in [6.07, 6.45) is 0.870. The third-order valence-corrected chi connectivity index (χ3v) is 1.99. The molecule has 0 unspecified atom stereocenters. The molecule has 92 valence electrons. The van der Waals surface area contributed by atoms with Gasteiger partial charge in [-0.15, -0.1) is 6.07 Å². The van der Waals surface area contributed by atoms with Crippen molar-refractivity contribution in [3.05, 3.63) is 54.1 Å². The average molecular weight is 257 g/mol. The number of hydrogen-bond donors (Lipinski definition) is 0. The molecule has 3 heteroatoms. The van der Waals surface area contributed by atoms with Crippen LogP contribution in [-0.2, 0) is 17.1 Å². The van der Waals surface area contributed by atoms with E-state index in [9.17, 15) is 4.79 Å². The topological polar surface area (TPSA) is 20.3 Å². The Labute approximate surface area is 107 Å². The Morgan fingerprint density at radius 1 is 1.19 bits per heavy atom. The van der Waals surface area contributed by atoms with Gasteiger partial charge in [-0.25, -0.2) is 0 Å². The Balaban J connectivity index is 0.000000318. The maximum Gasteiger partial charge on any atom is 0.0669 e. The normalized spacial score (nSPS) is 8.38. The third kappa shape index (κ3) is 4.47. The molecule has 0 aliphatic rings. The summed E-state index contributed by atoms with van der Waals surface area (Å²) in [5.41, 5.74) is 1.74. The fraction of sp³-hybridized carbons (Fsp3) is 0.154. The fourth-order valence-electron chi connectivity index (χ4n) is 1.25. The molecule has 2 aromatic carbocycles. The SMILES string of the molecule is CN(C)[c-]1cccc1C=O.[Fe].[cH-]1[cH-][cH-][cH-][cH-]1. The van der Waals surface area contributed by atoms with Gasteiger partial charge in [-0.2, -0.15) is 12.1 Å². The number of carbonyl (C=O) groups is 1. The van der Waals surface area contributed by atoms with Gasteiger partial charge in [-0.05, 0) is 19.8 Å². The van der Waals surface area contributed by atoms with E-state index in [1.54, 1.807) is 0 Å². The first-order chi connectivity index (χ1) is 7.25. The minimum absolute atomic E-state index is 0. The van der Waals surface area contributed by atoms with Crippen molar-refractivity contribution in [2.75, 3.05) is 19.0 Å². The summed E-state index contributed by atoms with van der Waals surface area (Å²) in [6, 6.07) is 15.6. The quantitative estimate of drug-likeness (QED) is 0.468. The molecule has 0 spiro atoms. The molecule has 2 rings (SSSR count). The van der Waals surface area contributed by atoms with Gasteiger partial charge < -0.3 is 40.0 Å². The van der Waals surface area contributed by atoms with Crippen LogP contribution in [-0.4, -0.2) is 20.4 Å². The monoisotopic (exact) mass is 257 g/mol. The van der Waals surface area contributed by atoms with E-state index in [0.29, 0.717) is 0 Å².